The first-order valence-corrected chi connectivity index (χ1v) is 4.98. The third-order valence-electron chi connectivity index (χ3n) is 2.78. The van der Waals surface area contributed by atoms with Gasteiger partial charge in [-0.1, -0.05) is 24.3 Å². The van der Waals surface area contributed by atoms with Crippen molar-refractivity contribution in [1.29, 1.82) is 0 Å². The molecular weight excluding hydrogens is 192 g/mol. The molecule has 0 fully saturated rings. The van der Waals surface area contributed by atoms with Crippen LogP contribution in [-0.2, 0) is 5.60 Å². The summed E-state index contributed by atoms with van der Waals surface area (Å²) in [5.41, 5.74) is 0.457. The molecule has 3 heteroatoms. The van der Waals surface area contributed by atoms with Gasteiger partial charge in [0.25, 0.3) is 0 Å². The molecule has 15 heavy (non-hydrogen) atoms. The van der Waals surface area contributed by atoms with Crippen LogP contribution in [0.4, 0.5) is 0 Å². The molecule has 0 radical (unpaired) electrons. The number of hydrogen-bond donors (Lipinski definition) is 3. The second-order valence-corrected chi connectivity index (χ2v) is 3.90. The number of aliphatic hydroxyl groups excluding tert-OH is 2. The lowest BCUT2D eigenvalue weighted by atomic mass is 9.80. The molecule has 1 atom stereocenters. The lowest BCUT2D eigenvalue weighted by Gasteiger charge is -2.32. The van der Waals surface area contributed by atoms with E-state index in [4.69, 9.17) is 5.11 Å². The highest BCUT2D eigenvalue weighted by Crippen LogP contribution is 2.38. The Morgan fingerprint density at radius 1 is 1.27 bits per heavy atom. The predicted octanol–water partition coefficient (Wildman–Crippen LogP) is 1.56. The summed E-state index contributed by atoms with van der Waals surface area (Å²) < 4.78 is 0. The molecule has 2 rings (SSSR count). The first-order chi connectivity index (χ1) is 7.15. The van der Waals surface area contributed by atoms with E-state index in [9.17, 15) is 10.2 Å². The lowest BCUT2D eigenvalue weighted by Crippen LogP contribution is -2.30. The van der Waals surface area contributed by atoms with Crippen molar-refractivity contribution >= 4 is 6.08 Å². The third kappa shape index (κ3) is 1.76. The van der Waals surface area contributed by atoms with Gasteiger partial charge in [0.15, 0.2) is 0 Å². The Balaban J connectivity index is 2.50. The topological polar surface area (TPSA) is 60.7 Å². The average Bonchev–Trinajstić information content (AvgIpc) is 2.17. The van der Waals surface area contributed by atoms with Crippen LogP contribution in [0.5, 0.6) is 0 Å². The van der Waals surface area contributed by atoms with Gasteiger partial charge in [0.05, 0.1) is 11.4 Å². The van der Waals surface area contributed by atoms with E-state index >= 15 is 0 Å². The molecule has 0 saturated heterocycles. The molecule has 0 amide bonds. The van der Waals surface area contributed by atoms with E-state index in [0.29, 0.717) is 0 Å². The molecule has 1 unspecified atom stereocenters. The van der Waals surface area contributed by atoms with Crippen molar-refractivity contribution in [2.75, 3.05) is 6.61 Å². The molecule has 1 aromatic rings. The predicted molar refractivity (Wildman–Crippen MR) is 57.3 cm³/mol. The summed E-state index contributed by atoms with van der Waals surface area (Å²) in [6.07, 6.45) is 2.06. The Morgan fingerprint density at radius 2 is 2.00 bits per heavy atom. The SMILES string of the molecule is OCCC1(O)CC(O)=Cc2ccccc21. The van der Waals surface area contributed by atoms with E-state index in [1.165, 1.54) is 0 Å². The van der Waals surface area contributed by atoms with E-state index in [0.717, 1.165) is 11.1 Å². The Bertz CT molecular complexity index is 398. The normalized spacial score (nSPS) is 24.5. The second-order valence-electron chi connectivity index (χ2n) is 3.90. The van der Waals surface area contributed by atoms with Crippen LogP contribution < -0.4 is 0 Å². The molecule has 0 aliphatic heterocycles. The number of benzene rings is 1. The quantitative estimate of drug-likeness (QED) is 0.688. The summed E-state index contributed by atoms with van der Waals surface area (Å²) in [4.78, 5) is 0. The first kappa shape index (κ1) is 10.2. The molecule has 1 aliphatic carbocycles. The van der Waals surface area contributed by atoms with Gasteiger partial charge in [-0.2, -0.15) is 0 Å². The number of fused-ring (bicyclic) bond motifs is 1. The molecular formula is C12H14O3. The van der Waals surface area contributed by atoms with Gasteiger partial charge in [-0.15, -0.1) is 0 Å². The highest BCUT2D eigenvalue weighted by Gasteiger charge is 2.34. The van der Waals surface area contributed by atoms with E-state index in [2.05, 4.69) is 0 Å². The zero-order chi connectivity index (χ0) is 10.9. The number of aliphatic hydroxyl groups is 3. The molecule has 0 heterocycles. The number of rotatable bonds is 2. The Hall–Kier alpha value is -1.32. The Kier molecular flexibility index (Phi) is 2.50. The molecule has 3 nitrogen and oxygen atoms in total. The minimum atomic E-state index is -1.13. The molecule has 80 valence electrons. The van der Waals surface area contributed by atoms with Crippen LogP contribution in [0, 0.1) is 0 Å². The van der Waals surface area contributed by atoms with Crippen molar-refractivity contribution in [1.82, 2.24) is 0 Å². The van der Waals surface area contributed by atoms with Gasteiger partial charge in [0, 0.05) is 19.4 Å². The lowest BCUT2D eigenvalue weighted by molar-refractivity contribution is 0.00192. The summed E-state index contributed by atoms with van der Waals surface area (Å²) in [5, 5.41) is 28.8. The van der Waals surface area contributed by atoms with Crippen molar-refractivity contribution in [2.45, 2.75) is 18.4 Å². The number of hydrogen-bond acceptors (Lipinski definition) is 3. The van der Waals surface area contributed by atoms with Crippen molar-refractivity contribution in [3.05, 3.63) is 41.2 Å². The van der Waals surface area contributed by atoms with Crippen LogP contribution in [0.1, 0.15) is 24.0 Å². The van der Waals surface area contributed by atoms with Crippen LogP contribution in [0.25, 0.3) is 6.08 Å². The molecule has 3 N–H and O–H groups in total. The standard InChI is InChI=1S/C12H14O3/c13-6-5-12(15)8-10(14)7-9-3-1-2-4-11(9)12/h1-4,7,13-15H,5-6,8H2. The van der Waals surface area contributed by atoms with Crippen LogP contribution in [0.3, 0.4) is 0 Å². The maximum absolute atomic E-state index is 10.3. The van der Waals surface area contributed by atoms with E-state index in [1.54, 1.807) is 6.08 Å². The largest absolute Gasteiger partial charge is 0.512 e. The molecule has 0 spiro atoms. The van der Waals surface area contributed by atoms with Gasteiger partial charge in [0.2, 0.25) is 0 Å². The monoisotopic (exact) mass is 206 g/mol. The molecule has 0 bridgehead atoms. The first-order valence-electron chi connectivity index (χ1n) is 4.98. The van der Waals surface area contributed by atoms with E-state index in [1.807, 2.05) is 24.3 Å². The maximum Gasteiger partial charge on any atom is 0.0994 e. The van der Waals surface area contributed by atoms with Gasteiger partial charge < -0.3 is 15.3 Å². The molecule has 0 aromatic heterocycles. The minimum absolute atomic E-state index is 0.0991. The van der Waals surface area contributed by atoms with E-state index < -0.39 is 5.60 Å². The van der Waals surface area contributed by atoms with Crippen LogP contribution in [0.15, 0.2) is 30.0 Å². The second kappa shape index (κ2) is 3.68. The van der Waals surface area contributed by atoms with Gasteiger partial charge in [0.1, 0.15) is 0 Å². The minimum Gasteiger partial charge on any atom is -0.512 e. The van der Waals surface area contributed by atoms with Gasteiger partial charge in [-0.25, -0.2) is 0 Å². The van der Waals surface area contributed by atoms with Gasteiger partial charge >= 0.3 is 0 Å². The smallest absolute Gasteiger partial charge is 0.0994 e. The molecule has 0 saturated carbocycles. The summed E-state index contributed by atoms with van der Waals surface area (Å²) >= 11 is 0. The van der Waals surface area contributed by atoms with Crippen LogP contribution in [0.2, 0.25) is 0 Å². The zero-order valence-electron chi connectivity index (χ0n) is 8.35. The highest BCUT2D eigenvalue weighted by atomic mass is 16.3. The highest BCUT2D eigenvalue weighted by molar-refractivity contribution is 5.60. The van der Waals surface area contributed by atoms with E-state index in [-0.39, 0.29) is 25.2 Å². The summed E-state index contributed by atoms with van der Waals surface area (Å²) in [7, 11) is 0. The van der Waals surface area contributed by atoms with Crippen molar-refractivity contribution < 1.29 is 15.3 Å². The van der Waals surface area contributed by atoms with Gasteiger partial charge in [-0.05, 0) is 17.2 Å². The zero-order valence-corrected chi connectivity index (χ0v) is 8.35. The van der Waals surface area contributed by atoms with Crippen molar-refractivity contribution in [3.8, 4) is 0 Å². The fourth-order valence-electron chi connectivity index (χ4n) is 2.08. The molecule has 1 aromatic carbocycles. The van der Waals surface area contributed by atoms with Crippen LogP contribution in [-0.4, -0.2) is 21.9 Å². The Labute approximate surface area is 88.3 Å². The van der Waals surface area contributed by atoms with Gasteiger partial charge in [-0.3, -0.25) is 0 Å². The fraction of sp³-hybridized carbons (Fsp3) is 0.333. The fourth-order valence-corrected chi connectivity index (χ4v) is 2.08. The van der Waals surface area contributed by atoms with Crippen LogP contribution >= 0.6 is 0 Å². The third-order valence-corrected chi connectivity index (χ3v) is 2.78. The Morgan fingerprint density at radius 3 is 2.73 bits per heavy atom. The van der Waals surface area contributed by atoms with Crippen molar-refractivity contribution in [3.63, 3.8) is 0 Å². The van der Waals surface area contributed by atoms with Crippen molar-refractivity contribution in [2.24, 2.45) is 0 Å². The summed E-state index contributed by atoms with van der Waals surface area (Å²) in [6, 6.07) is 7.37. The average molecular weight is 206 g/mol. The molecule has 1 aliphatic rings. The summed E-state index contributed by atoms with van der Waals surface area (Å²) in [5.74, 6) is 0.157. The maximum atomic E-state index is 10.3. The summed E-state index contributed by atoms with van der Waals surface area (Å²) in [6.45, 7) is -0.0991.